The van der Waals surface area contributed by atoms with Crippen LogP contribution in [-0.2, 0) is 9.47 Å². The van der Waals surface area contributed by atoms with Crippen LogP contribution in [0.4, 0.5) is 9.18 Å². The van der Waals surface area contributed by atoms with Crippen molar-refractivity contribution in [2.24, 2.45) is 0 Å². The van der Waals surface area contributed by atoms with Crippen molar-refractivity contribution in [3.63, 3.8) is 0 Å². The fraction of sp³-hybridized carbons (Fsp3) is 0.389. The summed E-state index contributed by atoms with van der Waals surface area (Å²) in [5.74, 6) is -1.33. The highest BCUT2D eigenvalue weighted by Crippen LogP contribution is 2.33. The third-order valence-corrected chi connectivity index (χ3v) is 5.09. The summed E-state index contributed by atoms with van der Waals surface area (Å²) >= 11 is 1.29. The smallest absolute Gasteiger partial charge is 0.407 e. The highest BCUT2D eigenvalue weighted by molar-refractivity contribution is 7.14. The van der Waals surface area contributed by atoms with E-state index in [9.17, 15) is 14.0 Å². The summed E-state index contributed by atoms with van der Waals surface area (Å²) in [6.07, 6.45) is 0.118. The average Bonchev–Trinajstić information content (AvgIpc) is 3.12. The van der Waals surface area contributed by atoms with Gasteiger partial charge in [0.25, 0.3) is 0 Å². The molecule has 0 radical (unpaired) electrons. The number of thiazole rings is 1. The van der Waals surface area contributed by atoms with Crippen LogP contribution in [0.3, 0.4) is 0 Å². The molecule has 150 valence electrons. The Labute approximate surface area is 164 Å². The molecule has 0 saturated carbocycles. The van der Waals surface area contributed by atoms with Gasteiger partial charge in [0.2, 0.25) is 0 Å². The average molecular weight is 410 g/mol. The van der Waals surface area contributed by atoms with E-state index in [4.69, 9.17) is 14.6 Å². The highest BCUT2D eigenvalue weighted by atomic mass is 32.1. The molecule has 1 amide bonds. The fourth-order valence-electron chi connectivity index (χ4n) is 2.76. The first kappa shape index (κ1) is 20.0. The van der Waals surface area contributed by atoms with Crippen LogP contribution in [0.1, 0.15) is 15.2 Å². The lowest BCUT2D eigenvalue weighted by Gasteiger charge is -2.30. The number of rotatable bonds is 5. The van der Waals surface area contributed by atoms with E-state index in [1.165, 1.54) is 35.5 Å². The van der Waals surface area contributed by atoms with Crippen molar-refractivity contribution in [2.45, 2.75) is 13.0 Å². The molecule has 1 aromatic heterocycles. The second-order valence-electron chi connectivity index (χ2n) is 6.13. The largest absolute Gasteiger partial charge is 0.491 e. The Hall–Kier alpha value is -2.72. The lowest BCUT2D eigenvalue weighted by atomic mass is 10.1. The van der Waals surface area contributed by atoms with E-state index in [-0.39, 0.29) is 36.6 Å². The molecule has 28 heavy (non-hydrogen) atoms. The number of carbonyl (C=O) groups excluding carboxylic acids is 1. The molecule has 10 heteroatoms. The first-order valence-electron chi connectivity index (χ1n) is 8.46. The number of carbonyl (C=O) groups is 2. The lowest BCUT2D eigenvalue weighted by Crippen LogP contribution is -2.47. The van der Waals surface area contributed by atoms with Gasteiger partial charge in [-0.1, -0.05) is 0 Å². The summed E-state index contributed by atoms with van der Waals surface area (Å²) in [6, 6.07) is 2.71. The zero-order valence-electron chi connectivity index (χ0n) is 15.3. The summed E-state index contributed by atoms with van der Waals surface area (Å²) in [7, 11) is 1.17. The molecule has 2 heterocycles. The number of benzene rings is 1. The minimum atomic E-state index is -1.02. The number of morpholine rings is 1. The SMILES string of the molecule is COC(=O)c1cc(OC[C@H]2CN(C(=O)O)CCO2)cc(-c2ncc(C)s2)c1F. The summed E-state index contributed by atoms with van der Waals surface area (Å²) < 4.78 is 30.7. The topological polar surface area (TPSA) is 98.2 Å². The molecule has 2 aromatic rings. The van der Waals surface area contributed by atoms with Gasteiger partial charge in [-0.05, 0) is 19.1 Å². The Balaban J connectivity index is 1.84. The molecule has 1 aromatic carbocycles. The van der Waals surface area contributed by atoms with Gasteiger partial charge in [-0.2, -0.15) is 0 Å². The van der Waals surface area contributed by atoms with Gasteiger partial charge in [-0.25, -0.2) is 19.0 Å². The summed E-state index contributed by atoms with van der Waals surface area (Å²) in [6.45, 7) is 2.61. The monoisotopic (exact) mass is 410 g/mol. The number of esters is 1. The van der Waals surface area contributed by atoms with Crippen molar-refractivity contribution in [1.82, 2.24) is 9.88 Å². The number of nitrogens with zero attached hydrogens (tertiary/aromatic N) is 2. The van der Waals surface area contributed by atoms with Crippen LogP contribution in [0.2, 0.25) is 0 Å². The van der Waals surface area contributed by atoms with Crippen LogP contribution in [0.25, 0.3) is 10.6 Å². The van der Waals surface area contributed by atoms with Crippen LogP contribution in [-0.4, -0.2) is 66.6 Å². The Morgan fingerprint density at radius 2 is 2.25 bits per heavy atom. The molecule has 0 bridgehead atoms. The van der Waals surface area contributed by atoms with Gasteiger partial charge >= 0.3 is 12.1 Å². The Kier molecular flexibility index (Phi) is 6.10. The molecule has 1 N–H and O–H groups in total. The van der Waals surface area contributed by atoms with Crippen molar-refractivity contribution in [1.29, 1.82) is 0 Å². The number of halogens is 1. The van der Waals surface area contributed by atoms with Crippen molar-refractivity contribution in [3.8, 4) is 16.3 Å². The zero-order valence-corrected chi connectivity index (χ0v) is 16.1. The first-order valence-corrected chi connectivity index (χ1v) is 9.27. The predicted octanol–water partition coefficient (Wildman–Crippen LogP) is 2.80. The molecule has 8 nitrogen and oxygen atoms in total. The number of aromatic nitrogens is 1. The second kappa shape index (κ2) is 8.53. The van der Waals surface area contributed by atoms with E-state index < -0.39 is 24.0 Å². The van der Waals surface area contributed by atoms with E-state index in [0.717, 1.165) is 4.88 Å². The predicted molar refractivity (Wildman–Crippen MR) is 98.4 cm³/mol. The maximum absolute atomic E-state index is 14.8. The number of hydrogen-bond donors (Lipinski definition) is 1. The van der Waals surface area contributed by atoms with Crippen molar-refractivity contribution >= 4 is 23.4 Å². The summed E-state index contributed by atoms with van der Waals surface area (Å²) in [5.41, 5.74) is -0.132. The van der Waals surface area contributed by atoms with Gasteiger partial charge in [-0.3, -0.25) is 0 Å². The molecule has 1 fully saturated rings. The van der Waals surface area contributed by atoms with E-state index in [1.807, 2.05) is 6.92 Å². The zero-order chi connectivity index (χ0) is 20.3. The normalized spacial score (nSPS) is 16.7. The van der Waals surface area contributed by atoms with Crippen LogP contribution < -0.4 is 4.74 Å². The molecule has 3 rings (SSSR count). The van der Waals surface area contributed by atoms with Gasteiger partial charge < -0.3 is 24.2 Å². The minimum absolute atomic E-state index is 0.0480. The van der Waals surface area contributed by atoms with Crippen molar-refractivity contribution < 1.29 is 33.3 Å². The minimum Gasteiger partial charge on any atom is -0.491 e. The number of aryl methyl sites for hydroxylation is 1. The Morgan fingerprint density at radius 1 is 1.46 bits per heavy atom. The quantitative estimate of drug-likeness (QED) is 0.757. The molecule has 0 unspecified atom stereocenters. The molecule has 0 aliphatic carbocycles. The fourth-order valence-corrected chi connectivity index (χ4v) is 3.53. The van der Waals surface area contributed by atoms with Gasteiger partial charge in [0, 0.05) is 17.6 Å². The van der Waals surface area contributed by atoms with E-state index >= 15 is 0 Å². The Morgan fingerprint density at radius 3 is 2.89 bits per heavy atom. The number of methoxy groups -OCH3 is 1. The summed E-state index contributed by atoms with van der Waals surface area (Å²) in [4.78, 5) is 29.4. The molecular formula is C18H19FN2O6S. The number of ether oxygens (including phenoxy) is 3. The van der Waals surface area contributed by atoms with Crippen LogP contribution in [0.15, 0.2) is 18.3 Å². The summed E-state index contributed by atoms with van der Waals surface area (Å²) in [5, 5.41) is 9.51. The number of hydrogen-bond acceptors (Lipinski definition) is 7. The first-order chi connectivity index (χ1) is 13.4. The van der Waals surface area contributed by atoms with E-state index in [1.54, 1.807) is 6.20 Å². The maximum atomic E-state index is 14.8. The van der Waals surface area contributed by atoms with Crippen molar-refractivity contribution in [3.05, 3.63) is 34.6 Å². The molecule has 1 aliphatic heterocycles. The molecule has 1 saturated heterocycles. The lowest BCUT2D eigenvalue weighted by molar-refractivity contribution is -0.0412. The molecule has 0 spiro atoms. The molecule has 1 aliphatic rings. The van der Waals surface area contributed by atoms with Gasteiger partial charge in [0.15, 0.2) is 0 Å². The van der Waals surface area contributed by atoms with Gasteiger partial charge in [-0.15, -0.1) is 11.3 Å². The third kappa shape index (κ3) is 4.39. The van der Waals surface area contributed by atoms with E-state index in [0.29, 0.717) is 11.6 Å². The third-order valence-electron chi connectivity index (χ3n) is 4.15. The van der Waals surface area contributed by atoms with Crippen LogP contribution >= 0.6 is 11.3 Å². The Bertz CT molecular complexity index is 887. The van der Waals surface area contributed by atoms with Gasteiger partial charge in [0.05, 0.1) is 31.4 Å². The van der Waals surface area contributed by atoms with Crippen molar-refractivity contribution in [2.75, 3.05) is 33.4 Å². The van der Waals surface area contributed by atoms with Crippen LogP contribution in [0.5, 0.6) is 5.75 Å². The molecular weight excluding hydrogens is 391 g/mol. The standard InChI is InChI=1S/C18H19FN2O6S/c1-10-7-20-16(28-10)13-5-11(6-14(15(13)19)17(22)25-2)27-9-12-8-21(18(23)24)3-4-26-12/h5-7,12H,3-4,8-9H2,1-2H3,(H,23,24)/t12-/m1/s1. The number of carboxylic acid groups (broad SMARTS) is 1. The number of amides is 1. The highest BCUT2D eigenvalue weighted by Gasteiger charge is 2.25. The van der Waals surface area contributed by atoms with Gasteiger partial charge in [0.1, 0.15) is 29.3 Å². The van der Waals surface area contributed by atoms with E-state index in [2.05, 4.69) is 9.72 Å². The second-order valence-corrected chi connectivity index (χ2v) is 7.37. The molecule has 1 atom stereocenters. The van der Waals surface area contributed by atoms with Crippen LogP contribution in [0, 0.1) is 12.7 Å². The maximum Gasteiger partial charge on any atom is 0.407 e.